The summed E-state index contributed by atoms with van der Waals surface area (Å²) in [6, 6.07) is 22.3. The van der Waals surface area contributed by atoms with Crippen LogP contribution < -0.4 is 5.32 Å². The Kier molecular flexibility index (Phi) is 12.9. The molecule has 3 aromatic rings. The molecule has 9 nitrogen and oxygen atoms in total. The summed E-state index contributed by atoms with van der Waals surface area (Å²) in [6.07, 6.45) is 22.3. The molecule has 0 amide bonds. The first-order valence-corrected chi connectivity index (χ1v) is 33.9. The number of aldehydes is 1. The van der Waals surface area contributed by atoms with Crippen molar-refractivity contribution < 1.29 is 39.9 Å². The number of aryl methyl sites for hydroxylation is 1. The van der Waals surface area contributed by atoms with Crippen molar-refractivity contribution >= 4 is 12.3 Å². The van der Waals surface area contributed by atoms with Gasteiger partial charge in [0.15, 0.2) is 0 Å². The van der Waals surface area contributed by atoms with Crippen LogP contribution in [0.1, 0.15) is 186 Å². The van der Waals surface area contributed by atoms with Crippen LogP contribution in [0.4, 0.5) is 0 Å². The van der Waals surface area contributed by atoms with Crippen molar-refractivity contribution in [2.24, 2.45) is 92.7 Å². The van der Waals surface area contributed by atoms with E-state index in [-0.39, 0.29) is 48.7 Å². The summed E-state index contributed by atoms with van der Waals surface area (Å²) in [6.45, 7) is 2.32. The molecule has 21 atom stereocenters. The third-order valence-corrected chi connectivity index (χ3v) is 28.5. The van der Waals surface area contributed by atoms with Gasteiger partial charge in [-0.25, -0.2) is 4.79 Å². The molecule has 6 N–H and O–H groups in total. The molecule has 3 aromatic carbocycles. The van der Waals surface area contributed by atoms with Crippen LogP contribution in [-0.2, 0) is 53.0 Å². The molecule has 3 spiro atoms. The summed E-state index contributed by atoms with van der Waals surface area (Å²) in [5.74, 6) is 7.62. The number of aliphatic hydroxyl groups is 5. The number of hydrogen-bond donors (Lipinski definition) is 6. The number of rotatable bonds is 5. The van der Waals surface area contributed by atoms with E-state index in [1.54, 1.807) is 6.08 Å². The molecule has 0 radical (unpaired) electrons. The van der Waals surface area contributed by atoms with Crippen molar-refractivity contribution in [3.8, 4) is 11.8 Å². The molecule has 17 bridgehead atoms. The number of ether oxygens (including phenoxy) is 1. The summed E-state index contributed by atoms with van der Waals surface area (Å²) in [7, 11) is 1.99. The van der Waals surface area contributed by atoms with Crippen LogP contribution in [0, 0.1) is 105 Å². The predicted octanol–water partition coefficient (Wildman–Crippen LogP) is 10.9. The lowest BCUT2D eigenvalue weighted by atomic mass is 9.33. The Balaban J connectivity index is 0.926. The van der Waals surface area contributed by atoms with Gasteiger partial charge in [-0.3, -0.25) is 0 Å². The van der Waals surface area contributed by atoms with Gasteiger partial charge in [0.05, 0.1) is 29.3 Å². The zero-order valence-electron chi connectivity index (χ0n) is 50.1. The number of esters is 1. The second kappa shape index (κ2) is 19.7. The lowest BCUT2D eigenvalue weighted by Crippen LogP contribution is -2.82. The van der Waals surface area contributed by atoms with Crippen molar-refractivity contribution in [2.75, 3.05) is 7.05 Å². The third kappa shape index (κ3) is 7.67. The smallest absolute Gasteiger partial charge is 0.331 e. The number of nitrogens with one attached hydrogen (secondary N) is 1. The minimum atomic E-state index is -1.79. The Bertz CT molecular complexity index is 3260. The Morgan fingerprint density at radius 3 is 2.43 bits per heavy atom. The van der Waals surface area contributed by atoms with E-state index in [4.69, 9.17) is 4.74 Å². The molecule has 9 heteroatoms. The molecule has 84 heavy (non-hydrogen) atoms. The van der Waals surface area contributed by atoms with E-state index >= 15 is 15.0 Å². The molecular weight excluding hydrogens is 1040 g/mol. The standard InChI is InChI=1S/C75H93NO8/c1-44(48-10-3-4-11-48)50-19-21-62-68(80)70-26-22-46(35-70)17-16-45-8-5-9-47(28-45)29-51-13-7-14-52-30-55-37-69(36-53(55)18-20-58(51)52)25-23-49-12-6-15-54(40-77)59(49)33-63(76-2)60-32-56-38-74(82)71(41-69,66(56)61-34-65(79)84-67(60)61)27-24-64-72(42-70,43-78)75(62,83)57(31-50)39-73(64,74)81/h5-9,12-15,28,34,43-44,46,48,50,53,55-57,60,62-64,66-68,76-77,80-83H,3-4,10-11,16-22,24,26-27,29-33,35-42H2,1-2H3/t44-,46+,50+,53-,55+,56-,57-,60-,62-,63+,64+,66+,67+,68+,69+,70-,71-,72-,73+,74+,75-/m0/s1. The van der Waals surface area contributed by atoms with Crippen LogP contribution in [0.5, 0.6) is 0 Å². The van der Waals surface area contributed by atoms with Crippen molar-refractivity contribution in [3.63, 3.8) is 0 Å². The van der Waals surface area contributed by atoms with Gasteiger partial charge < -0.3 is 40.4 Å². The first kappa shape index (κ1) is 55.2. The summed E-state index contributed by atoms with van der Waals surface area (Å²) >= 11 is 0. The van der Waals surface area contributed by atoms with E-state index in [1.165, 1.54) is 53.5 Å². The topological polar surface area (TPSA) is 157 Å². The van der Waals surface area contributed by atoms with E-state index in [1.807, 2.05) is 19.2 Å². The molecule has 1 heterocycles. The normalized spacial score (nSPS) is 46.2. The van der Waals surface area contributed by atoms with Gasteiger partial charge in [-0.15, -0.1) is 0 Å². The Hall–Kier alpha value is -4.14. The maximum absolute atomic E-state index is 15.6. The molecule has 16 aliphatic rings. The highest BCUT2D eigenvalue weighted by atomic mass is 16.5. The van der Waals surface area contributed by atoms with Crippen LogP contribution in [0.3, 0.4) is 0 Å². The quantitative estimate of drug-likeness (QED) is 0.0832. The maximum atomic E-state index is 15.6. The van der Waals surface area contributed by atoms with Crippen LogP contribution in [0.25, 0.3) is 0 Å². The summed E-state index contributed by atoms with van der Waals surface area (Å²) < 4.78 is 6.61. The van der Waals surface area contributed by atoms with Crippen molar-refractivity contribution in [3.05, 3.63) is 117 Å². The SMILES string of the molecule is CN[C@@H]1Cc2c(cccc2CO)C#C[C@]23C[C@H]4Cc5cccc(c5CC[C@H]4C2)Cc2cccc(c2)CC[C@@H]2CC[C@]4(C2)C[C@]2(C=O)[C@H]5CC[C@]6(C3)[C@H]3C7=CC(=O)O[C@@H]7[C@H]1C[C@H]3C[C@]6(O)[C@@]5(O)C[C@@H]1C[C@H]([C@@H](C)C3CCCC3)CC[C@@H]([C@H]4O)[C@@]12O. The second-order valence-electron chi connectivity index (χ2n) is 31.6. The molecule has 0 saturated heterocycles. The summed E-state index contributed by atoms with van der Waals surface area (Å²) in [5.41, 5.74) is 2.12. The average molecular weight is 1140 g/mol. The van der Waals surface area contributed by atoms with Crippen LogP contribution >= 0.6 is 0 Å². The molecular formula is C75H93NO8. The Morgan fingerprint density at radius 1 is 0.786 bits per heavy atom. The van der Waals surface area contributed by atoms with Gasteiger partial charge >= 0.3 is 5.97 Å². The number of likely N-dealkylation sites (N-methyl/N-ethyl adjacent to an activating group) is 1. The number of carbonyl (C=O) groups is 2. The van der Waals surface area contributed by atoms with Crippen molar-refractivity contribution in [1.82, 2.24) is 5.32 Å². The number of aliphatic hydroxyl groups excluding tert-OH is 2. The monoisotopic (exact) mass is 1140 g/mol. The zero-order chi connectivity index (χ0) is 57.3. The predicted molar refractivity (Wildman–Crippen MR) is 322 cm³/mol. The summed E-state index contributed by atoms with van der Waals surface area (Å²) in [5, 5.41) is 73.8. The molecule has 15 aliphatic carbocycles. The van der Waals surface area contributed by atoms with Gasteiger partial charge in [0.25, 0.3) is 0 Å². The molecule has 1 aliphatic heterocycles. The lowest BCUT2D eigenvalue weighted by Gasteiger charge is -2.74. The van der Waals surface area contributed by atoms with Gasteiger partial charge in [-0.2, -0.15) is 0 Å². The van der Waals surface area contributed by atoms with Gasteiger partial charge in [-0.1, -0.05) is 99.0 Å². The number of carbonyl (C=O) groups excluding carboxylic acids is 2. The van der Waals surface area contributed by atoms with E-state index < -0.39 is 68.4 Å². The molecule has 446 valence electrons. The highest BCUT2D eigenvalue weighted by molar-refractivity contribution is 5.86. The zero-order valence-corrected chi connectivity index (χ0v) is 50.1. The highest BCUT2D eigenvalue weighted by Gasteiger charge is 2.85. The summed E-state index contributed by atoms with van der Waals surface area (Å²) in [4.78, 5) is 29.8. The maximum Gasteiger partial charge on any atom is 0.331 e. The van der Waals surface area contributed by atoms with E-state index in [0.717, 1.165) is 106 Å². The van der Waals surface area contributed by atoms with Gasteiger partial charge in [0, 0.05) is 46.3 Å². The lowest BCUT2D eigenvalue weighted by molar-refractivity contribution is -0.356. The second-order valence-corrected chi connectivity index (χ2v) is 31.6. The fourth-order valence-corrected chi connectivity index (χ4v) is 25.2. The van der Waals surface area contributed by atoms with E-state index in [0.29, 0.717) is 87.4 Å². The van der Waals surface area contributed by atoms with Crippen molar-refractivity contribution in [1.29, 1.82) is 0 Å². The van der Waals surface area contributed by atoms with Crippen LogP contribution in [0.2, 0.25) is 0 Å². The minimum Gasteiger partial charge on any atom is -0.454 e. The first-order valence-electron chi connectivity index (χ1n) is 33.9. The average Bonchev–Trinajstić information content (AvgIpc) is 1.20. The van der Waals surface area contributed by atoms with Gasteiger partial charge in [-0.05, 0) is 258 Å². The third-order valence-electron chi connectivity index (χ3n) is 28.5. The first-order chi connectivity index (χ1) is 40.6. The number of hydrogen-bond acceptors (Lipinski definition) is 9. The number of benzene rings is 3. The molecule has 9 saturated carbocycles. The van der Waals surface area contributed by atoms with Crippen LogP contribution in [0.15, 0.2) is 72.3 Å². The fraction of sp³-hybridized carbons (Fsp3) is 0.680. The van der Waals surface area contributed by atoms with E-state index in [2.05, 4.69) is 72.6 Å². The minimum absolute atomic E-state index is 0.113. The number of fused-ring (bicyclic) bond motifs is 1. The molecule has 0 unspecified atom stereocenters. The Morgan fingerprint density at radius 2 is 1.60 bits per heavy atom. The van der Waals surface area contributed by atoms with Crippen LogP contribution in [-0.4, -0.2) is 79.9 Å². The largest absolute Gasteiger partial charge is 0.454 e. The van der Waals surface area contributed by atoms with Gasteiger partial charge in [0.2, 0.25) is 0 Å². The van der Waals surface area contributed by atoms with E-state index in [9.17, 15) is 20.1 Å². The fourth-order valence-electron chi connectivity index (χ4n) is 25.2. The molecule has 9 fully saturated rings. The van der Waals surface area contributed by atoms with Gasteiger partial charge in [0.1, 0.15) is 18.0 Å². The van der Waals surface area contributed by atoms with Crippen molar-refractivity contribution in [2.45, 2.75) is 216 Å². The highest BCUT2D eigenvalue weighted by Crippen LogP contribution is 2.80. The molecule has 0 aromatic heterocycles. The Labute approximate surface area is 499 Å². The molecule has 19 rings (SSSR count).